The molecule has 3 aliphatic heterocycles. The zero-order valence-electron chi connectivity index (χ0n) is 16.3. The van der Waals surface area contributed by atoms with Crippen LogP contribution in [0.25, 0.3) is 16.8 Å². The molecule has 3 aliphatic rings. The Balaban J connectivity index is 1.40. The average Bonchev–Trinajstić information content (AvgIpc) is 3.10. The fourth-order valence-corrected chi connectivity index (χ4v) is 5.03. The quantitative estimate of drug-likeness (QED) is 0.648. The van der Waals surface area contributed by atoms with Gasteiger partial charge in [0.05, 0.1) is 34.9 Å². The van der Waals surface area contributed by atoms with Crippen molar-refractivity contribution >= 4 is 34.9 Å². The minimum absolute atomic E-state index is 0.0994. The Morgan fingerprint density at radius 1 is 1.27 bits per heavy atom. The molecule has 6 rings (SSSR count). The van der Waals surface area contributed by atoms with Gasteiger partial charge in [0.25, 0.3) is 0 Å². The number of piperidine rings is 1. The van der Waals surface area contributed by atoms with E-state index in [1.807, 2.05) is 28.9 Å². The van der Waals surface area contributed by atoms with E-state index in [0.29, 0.717) is 22.3 Å². The van der Waals surface area contributed by atoms with E-state index in [0.717, 1.165) is 42.0 Å². The summed E-state index contributed by atoms with van der Waals surface area (Å²) in [4.78, 5) is 19.9. The number of carboxylic acid groups (broad SMARTS) is 1. The number of fused-ring (bicyclic) bond motifs is 3. The van der Waals surface area contributed by atoms with Gasteiger partial charge in [-0.05, 0) is 36.2 Å². The highest BCUT2D eigenvalue weighted by molar-refractivity contribution is 6.44. The monoisotopic (exact) mass is 446 g/mol. The molecular weight excluding hydrogens is 427 g/mol. The number of benzene rings is 1. The summed E-state index contributed by atoms with van der Waals surface area (Å²) in [6, 6.07) is 7.63. The summed E-state index contributed by atoms with van der Waals surface area (Å²) < 4.78 is 7.44. The Kier molecular flexibility index (Phi) is 4.76. The first-order chi connectivity index (χ1) is 14.4. The number of ether oxygens (including phenoxy) is 1. The number of rotatable bonds is 4. The molecule has 2 atom stereocenters. The Morgan fingerprint density at radius 2 is 2.03 bits per heavy atom. The van der Waals surface area contributed by atoms with Crippen LogP contribution in [-0.4, -0.2) is 62.7 Å². The SMILES string of the molecule is COc1ccc(Cl)c(Cl)c1-c1ccn2cc(CN3CC4CC(C3)N4C(=O)O)nc2c1. The van der Waals surface area contributed by atoms with Gasteiger partial charge < -0.3 is 14.2 Å². The molecule has 2 bridgehead atoms. The van der Waals surface area contributed by atoms with Crippen LogP contribution in [0.5, 0.6) is 5.75 Å². The summed E-state index contributed by atoms with van der Waals surface area (Å²) in [5.74, 6) is 0.649. The fraction of sp³-hybridized carbons (Fsp3) is 0.333. The number of nitrogens with zero attached hydrogens (tertiary/aromatic N) is 4. The number of halogens is 2. The molecule has 1 amide bonds. The molecule has 1 N–H and O–H groups in total. The molecule has 0 aliphatic carbocycles. The topological polar surface area (TPSA) is 70.3 Å². The maximum atomic E-state index is 11.3. The van der Waals surface area contributed by atoms with Crippen molar-refractivity contribution in [3.8, 4) is 16.9 Å². The van der Waals surface area contributed by atoms with E-state index in [2.05, 4.69) is 4.90 Å². The molecule has 3 saturated heterocycles. The number of carbonyl (C=O) groups is 1. The van der Waals surface area contributed by atoms with Crippen molar-refractivity contribution in [2.24, 2.45) is 0 Å². The summed E-state index contributed by atoms with van der Waals surface area (Å²) in [5, 5.41) is 10.2. The lowest BCUT2D eigenvalue weighted by molar-refractivity contribution is -0.0536. The van der Waals surface area contributed by atoms with Gasteiger partial charge in [-0.25, -0.2) is 9.78 Å². The molecule has 156 valence electrons. The van der Waals surface area contributed by atoms with Crippen LogP contribution >= 0.6 is 23.2 Å². The molecular formula is C21H20Cl2N4O3. The second-order valence-corrected chi connectivity index (χ2v) is 8.56. The Labute approximate surface area is 183 Å². The summed E-state index contributed by atoms with van der Waals surface area (Å²) in [5.41, 5.74) is 3.36. The molecule has 2 aromatic heterocycles. The van der Waals surface area contributed by atoms with Crippen molar-refractivity contribution in [2.45, 2.75) is 25.0 Å². The van der Waals surface area contributed by atoms with E-state index in [-0.39, 0.29) is 12.1 Å². The second kappa shape index (κ2) is 7.34. The van der Waals surface area contributed by atoms with Gasteiger partial charge in [0.2, 0.25) is 0 Å². The Morgan fingerprint density at radius 3 is 2.73 bits per heavy atom. The van der Waals surface area contributed by atoms with Crippen molar-refractivity contribution in [3.63, 3.8) is 0 Å². The third-order valence-corrected chi connectivity index (χ3v) is 6.75. The Hall–Kier alpha value is -2.48. The number of hydrogen-bond acceptors (Lipinski definition) is 4. The van der Waals surface area contributed by atoms with E-state index in [4.69, 9.17) is 32.9 Å². The predicted molar refractivity (Wildman–Crippen MR) is 115 cm³/mol. The highest BCUT2D eigenvalue weighted by Gasteiger charge is 2.47. The van der Waals surface area contributed by atoms with Crippen LogP contribution in [0, 0.1) is 0 Å². The van der Waals surface area contributed by atoms with Crippen molar-refractivity contribution in [2.75, 3.05) is 20.2 Å². The van der Waals surface area contributed by atoms with E-state index in [1.54, 1.807) is 24.1 Å². The number of pyridine rings is 1. The van der Waals surface area contributed by atoms with Gasteiger partial charge >= 0.3 is 6.09 Å². The molecule has 2 unspecified atom stereocenters. The van der Waals surface area contributed by atoms with Crippen LogP contribution in [0.3, 0.4) is 0 Å². The molecule has 0 radical (unpaired) electrons. The fourth-order valence-electron chi connectivity index (χ4n) is 4.61. The van der Waals surface area contributed by atoms with E-state index in [1.165, 1.54) is 0 Å². The van der Waals surface area contributed by atoms with Crippen LogP contribution in [-0.2, 0) is 6.54 Å². The first kappa shape index (κ1) is 19.5. The maximum absolute atomic E-state index is 11.3. The highest BCUT2D eigenvalue weighted by Crippen LogP contribution is 2.41. The van der Waals surface area contributed by atoms with E-state index in [9.17, 15) is 9.90 Å². The lowest BCUT2D eigenvalue weighted by atomic mass is 9.88. The maximum Gasteiger partial charge on any atom is 0.407 e. The number of hydrogen-bond donors (Lipinski definition) is 1. The summed E-state index contributed by atoms with van der Waals surface area (Å²) in [6.07, 6.45) is 4.09. The molecule has 0 spiro atoms. The van der Waals surface area contributed by atoms with E-state index < -0.39 is 6.09 Å². The predicted octanol–water partition coefficient (Wildman–Crippen LogP) is 4.25. The van der Waals surface area contributed by atoms with Gasteiger partial charge in [0.15, 0.2) is 0 Å². The highest BCUT2D eigenvalue weighted by atomic mass is 35.5. The third-order valence-electron chi connectivity index (χ3n) is 5.95. The molecule has 30 heavy (non-hydrogen) atoms. The van der Waals surface area contributed by atoms with Crippen LogP contribution in [0.1, 0.15) is 12.1 Å². The number of imidazole rings is 1. The van der Waals surface area contributed by atoms with Crippen molar-refractivity contribution in [1.29, 1.82) is 0 Å². The molecule has 1 aromatic carbocycles. The number of amides is 1. The third kappa shape index (κ3) is 3.17. The molecule has 9 heteroatoms. The second-order valence-electron chi connectivity index (χ2n) is 7.78. The van der Waals surface area contributed by atoms with E-state index >= 15 is 0 Å². The van der Waals surface area contributed by atoms with Gasteiger partial charge in [-0.2, -0.15) is 0 Å². The lowest BCUT2D eigenvalue weighted by Crippen LogP contribution is -2.69. The summed E-state index contributed by atoms with van der Waals surface area (Å²) in [7, 11) is 1.60. The number of aromatic nitrogens is 2. The van der Waals surface area contributed by atoms with Gasteiger partial charge in [-0.3, -0.25) is 9.80 Å². The van der Waals surface area contributed by atoms with Gasteiger partial charge in [0.1, 0.15) is 11.4 Å². The molecule has 0 saturated carbocycles. The van der Waals surface area contributed by atoms with Crippen LogP contribution in [0.4, 0.5) is 4.79 Å². The van der Waals surface area contributed by atoms with Gasteiger partial charge in [-0.15, -0.1) is 0 Å². The minimum atomic E-state index is -0.814. The first-order valence-corrected chi connectivity index (χ1v) is 10.4. The van der Waals surface area contributed by atoms with Crippen molar-refractivity contribution < 1.29 is 14.6 Å². The molecule has 7 nitrogen and oxygen atoms in total. The van der Waals surface area contributed by atoms with Gasteiger partial charge in [-0.1, -0.05) is 23.2 Å². The molecule has 5 heterocycles. The van der Waals surface area contributed by atoms with Crippen LogP contribution in [0.15, 0.2) is 36.7 Å². The zero-order valence-corrected chi connectivity index (χ0v) is 17.8. The van der Waals surface area contributed by atoms with Crippen molar-refractivity contribution in [3.05, 3.63) is 52.4 Å². The lowest BCUT2D eigenvalue weighted by Gasteiger charge is -2.54. The molecule has 3 fully saturated rings. The van der Waals surface area contributed by atoms with Crippen LogP contribution in [0.2, 0.25) is 10.0 Å². The largest absolute Gasteiger partial charge is 0.496 e. The Bertz CT molecular complexity index is 1140. The number of piperazine rings is 1. The number of methoxy groups -OCH3 is 1. The van der Waals surface area contributed by atoms with Crippen molar-refractivity contribution in [1.82, 2.24) is 19.2 Å². The summed E-state index contributed by atoms with van der Waals surface area (Å²) in [6.45, 7) is 2.19. The average molecular weight is 447 g/mol. The minimum Gasteiger partial charge on any atom is -0.496 e. The van der Waals surface area contributed by atoms with Gasteiger partial charge in [0, 0.05) is 37.6 Å². The normalized spacial score (nSPS) is 21.0. The first-order valence-electron chi connectivity index (χ1n) is 9.68. The molecule has 3 aromatic rings. The van der Waals surface area contributed by atoms with Crippen LogP contribution < -0.4 is 4.74 Å². The summed E-state index contributed by atoms with van der Waals surface area (Å²) >= 11 is 12.7. The standard InChI is InChI=1S/C21H20Cl2N4O3/c1-30-17-3-2-16(22)20(23)19(17)12-4-5-26-9-13(24-18(26)6-12)8-25-10-14-7-15(11-25)27(14)21(28)29/h2-6,9,14-15H,7-8,10-11H2,1H3,(H,28,29). The smallest absolute Gasteiger partial charge is 0.407 e. The zero-order chi connectivity index (χ0) is 21.0.